The SMILES string of the molecule is OCc1cnc2snnc2c1. The molecule has 2 rings (SSSR count). The first-order valence-electron chi connectivity index (χ1n) is 3.08. The summed E-state index contributed by atoms with van der Waals surface area (Å²) in [5, 5.41) is 12.6. The van der Waals surface area contributed by atoms with Gasteiger partial charge in [0.1, 0.15) is 5.52 Å². The second kappa shape index (κ2) is 2.52. The van der Waals surface area contributed by atoms with E-state index in [1.165, 1.54) is 11.5 Å². The molecule has 0 bridgehead atoms. The molecule has 0 aliphatic heterocycles. The lowest BCUT2D eigenvalue weighted by atomic mass is 10.3. The Morgan fingerprint density at radius 2 is 2.45 bits per heavy atom. The number of aromatic nitrogens is 3. The van der Waals surface area contributed by atoms with Gasteiger partial charge in [0.15, 0.2) is 4.83 Å². The van der Waals surface area contributed by atoms with Crippen LogP contribution in [0.15, 0.2) is 12.3 Å². The Bertz CT molecular complexity index is 373. The standard InChI is InChI=1S/C6H5N3OS/c10-3-4-1-5-6(7-2-4)11-9-8-5/h1-2,10H,3H2. The van der Waals surface area contributed by atoms with Crippen molar-refractivity contribution < 1.29 is 5.11 Å². The van der Waals surface area contributed by atoms with Gasteiger partial charge in [-0.3, -0.25) is 0 Å². The van der Waals surface area contributed by atoms with Crippen LogP contribution in [-0.4, -0.2) is 19.7 Å². The minimum absolute atomic E-state index is 0.000463. The van der Waals surface area contributed by atoms with E-state index in [0.717, 1.165) is 15.9 Å². The molecule has 5 heteroatoms. The summed E-state index contributed by atoms with van der Waals surface area (Å²) in [5.41, 5.74) is 1.52. The minimum atomic E-state index is 0.000463. The number of hydrogen-bond donors (Lipinski definition) is 1. The topological polar surface area (TPSA) is 58.9 Å². The van der Waals surface area contributed by atoms with Crippen molar-refractivity contribution in [2.24, 2.45) is 0 Å². The number of rotatable bonds is 1. The summed E-state index contributed by atoms with van der Waals surface area (Å²) in [6, 6.07) is 1.78. The summed E-state index contributed by atoms with van der Waals surface area (Å²) in [7, 11) is 0. The molecule has 0 amide bonds. The van der Waals surface area contributed by atoms with Crippen LogP contribution in [0.5, 0.6) is 0 Å². The Morgan fingerprint density at radius 1 is 1.55 bits per heavy atom. The molecule has 2 heterocycles. The molecular weight excluding hydrogens is 162 g/mol. The number of fused-ring (bicyclic) bond motifs is 1. The molecular formula is C6H5N3OS. The van der Waals surface area contributed by atoms with Gasteiger partial charge in [-0.1, -0.05) is 4.49 Å². The van der Waals surface area contributed by atoms with Gasteiger partial charge in [0.25, 0.3) is 0 Å². The lowest BCUT2D eigenvalue weighted by Gasteiger charge is -1.91. The van der Waals surface area contributed by atoms with Crippen LogP contribution in [0.2, 0.25) is 0 Å². The van der Waals surface area contributed by atoms with E-state index in [0.29, 0.717) is 0 Å². The molecule has 0 saturated carbocycles. The fourth-order valence-electron chi connectivity index (χ4n) is 0.814. The maximum atomic E-state index is 8.75. The highest BCUT2D eigenvalue weighted by Crippen LogP contribution is 2.12. The van der Waals surface area contributed by atoms with Gasteiger partial charge >= 0.3 is 0 Å². The molecule has 2 aromatic heterocycles. The molecule has 0 radical (unpaired) electrons. The molecule has 0 aliphatic rings. The number of hydrogen-bond acceptors (Lipinski definition) is 5. The number of aliphatic hydroxyl groups excluding tert-OH is 1. The zero-order valence-corrected chi connectivity index (χ0v) is 6.38. The van der Waals surface area contributed by atoms with E-state index in [4.69, 9.17) is 5.11 Å². The Hall–Kier alpha value is -1.07. The van der Waals surface area contributed by atoms with E-state index >= 15 is 0 Å². The monoisotopic (exact) mass is 167 g/mol. The maximum absolute atomic E-state index is 8.75. The van der Waals surface area contributed by atoms with Crippen LogP contribution in [0.25, 0.3) is 10.3 Å². The third kappa shape index (κ3) is 1.08. The predicted molar refractivity (Wildman–Crippen MR) is 41.1 cm³/mol. The molecule has 4 nitrogen and oxygen atoms in total. The van der Waals surface area contributed by atoms with E-state index in [1.54, 1.807) is 12.3 Å². The quantitative estimate of drug-likeness (QED) is 0.674. The van der Waals surface area contributed by atoms with Gasteiger partial charge in [-0.2, -0.15) is 0 Å². The Balaban J connectivity index is 2.67. The molecule has 0 unspecified atom stereocenters. The molecule has 0 aliphatic carbocycles. The van der Waals surface area contributed by atoms with Crippen molar-refractivity contribution >= 4 is 21.9 Å². The Kier molecular flexibility index (Phi) is 1.52. The van der Waals surface area contributed by atoms with Gasteiger partial charge in [0, 0.05) is 17.7 Å². The van der Waals surface area contributed by atoms with Gasteiger partial charge in [-0.25, -0.2) is 4.98 Å². The van der Waals surface area contributed by atoms with Crippen molar-refractivity contribution in [3.8, 4) is 0 Å². The normalized spacial score (nSPS) is 10.6. The first kappa shape index (κ1) is 6.63. The van der Waals surface area contributed by atoms with E-state index in [-0.39, 0.29) is 6.61 Å². The van der Waals surface area contributed by atoms with Crippen LogP contribution in [0.1, 0.15) is 5.56 Å². The summed E-state index contributed by atoms with van der Waals surface area (Å²) >= 11 is 1.25. The van der Waals surface area contributed by atoms with Crippen molar-refractivity contribution in [1.29, 1.82) is 0 Å². The van der Waals surface area contributed by atoms with Crippen molar-refractivity contribution in [1.82, 2.24) is 14.6 Å². The second-order valence-electron chi connectivity index (χ2n) is 2.10. The van der Waals surface area contributed by atoms with Crippen LogP contribution < -0.4 is 0 Å². The van der Waals surface area contributed by atoms with Crippen LogP contribution in [0, 0.1) is 0 Å². The Morgan fingerprint density at radius 3 is 3.27 bits per heavy atom. The summed E-state index contributed by atoms with van der Waals surface area (Å²) in [5.74, 6) is 0. The van der Waals surface area contributed by atoms with Crippen LogP contribution in [0.4, 0.5) is 0 Å². The van der Waals surface area contributed by atoms with Gasteiger partial charge in [0.05, 0.1) is 6.61 Å². The number of pyridine rings is 1. The van der Waals surface area contributed by atoms with Crippen LogP contribution in [-0.2, 0) is 6.61 Å². The summed E-state index contributed by atoms with van der Waals surface area (Å²) in [4.78, 5) is 4.85. The average molecular weight is 167 g/mol. The third-order valence-electron chi connectivity index (χ3n) is 1.35. The molecule has 56 valence electrons. The zero-order chi connectivity index (χ0) is 7.68. The molecule has 2 aromatic rings. The lowest BCUT2D eigenvalue weighted by Crippen LogP contribution is -1.84. The van der Waals surface area contributed by atoms with Gasteiger partial charge < -0.3 is 5.11 Å². The molecule has 0 saturated heterocycles. The highest BCUT2D eigenvalue weighted by Gasteiger charge is 1.99. The largest absolute Gasteiger partial charge is 0.392 e. The summed E-state index contributed by atoms with van der Waals surface area (Å²) < 4.78 is 3.72. The zero-order valence-electron chi connectivity index (χ0n) is 5.56. The van der Waals surface area contributed by atoms with Crippen molar-refractivity contribution in [3.05, 3.63) is 17.8 Å². The lowest BCUT2D eigenvalue weighted by molar-refractivity contribution is 0.281. The second-order valence-corrected chi connectivity index (χ2v) is 2.83. The molecule has 11 heavy (non-hydrogen) atoms. The average Bonchev–Trinajstić information content (AvgIpc) is 2.50. The van der Waals surface area contributed by atoms with E-state index in [9.17, 15) is 0 Å². The molecule has 0 aromatic carbocycles. The first-order chi connectivity index (χ1) is 5.40. The van der Waals surface area contributed by atoms with E-state index < -0.39 is 0 Å². The molecule has 0 atom stereocenters. The summed E-state index contributed by atoms with van der Waals surface area (Å²) in [6.07, 6.45) is 1.63. The van der Waals surface area contributed by atoms with E-state index in [2.05, 4.69) is 14.6 Å². The highest BCUT2D eigenvalue weighted by atomic mass is 32.1. The van der Waals surface area contributed by atoms with Crippen LogP contribution in [0.3, 0.4) is 0 Å². The van der Waals surface area contributed by atoms with E-state index in [1.807, 2.05) is 0 Å². The molecule has 1 N–H and O–H groups in total. The van der Waals surface area contributed by atoms with Crippen molar-refractivity contribution in [2.45, 2.75) is 6.61 Å². The highest BCUT2D eigenvalue weighted by molar-refractivity contribution is 7.12. The van der Waals surface area contributed by atoms with Gasteiger partial charge in [0.2, 0.25) is 0 Å². The molecule has 0 fully saturated rings. The van der Waals surface area contributed by atoms with Gasteiger partial charge in [-0.15, -0.1) is 5.10 Å². The maximum Gasteiger partial charge on any atom is 0.163 e. The fourth-order valence-corrected chi connectivity index (χ4v) is 1.31. The minimum Gasteiger partial charge on any atom is -0.392 e. The molecule has 0 spiro atoms. The number of aliphatic hydroxyl groups is 1. The fraction of sp³-hybridized carbons (Fsp3) is 0.167. The number of nitrogens with zero attached hydrogens (tertiary/aromatic N) is 3. The van der Waals surface area contributed by atoms with Crippen molar-refractivity contribution in [3.63, 3.8) is 0 Å². The Labute approximate surface area is 66.7 Å². The third-order valence-corrected chi connectivity index (χ3v) is 2.00. The predicted octanol–water partition coefficient (Wildman–Crippen LogP) is 0.579. The summed E-state index contributed by atoms with van der Waals surface area (Å²) in [6.45, 7) is 0.000463. The van der Waals surface area contributed by atoms with Crippen molar-refractivity contribution in [2.75, 3.05) is 0 Å². The first-order valence-corrected chi connectivity index (χ1v) is 3.85. The van der Waals surface area contributed by atoms with Crippen LogP contribution >= 0.6 is 11.5 Å². The smallest absolute Gasteiger partial charge is 0.163 e. The van der Waals surface area contributed by atoms with Gasteiger partial charge in [-0.05, 0) is 11.6 Å².